The van der Waals surface area contributed by atoms with Crippen molar-refractivity contribution in [3.05, 3.63) is 46.8 Å². The topological polar surface area (TPSA) is 28.1 Å². The Balaban J connectivity index is 3.18. The molecule has 0 saturated heterocycles. The zero-order valence-corrected chi connectivity index (χ0v) is 6.78. The molecule has 2 heteroatoms. The standard InChI is InChI=1S/C10H8N2/c1-8(12-2)10-6-4-3-5-9(10)7-11/h3-6,8H,1H3. The van der Waals surface area contributed by atoms with Gasteiger partial charge in [0.05, 0.1) is 17.2 Å². The summed E-state index contributed by atoms with van der Waals surface area (Å²) in [5.41, 5.74) is 1.41. The third-order valence-corrected chi connectivity index (χ3v) is 1.72. The molecule has 0 aliphatic carbocycles. The predicted octanol–water partition coefficient (Wildman–Crippen LogP) is 2.54. The van der Waals surface area contributed by atoms with Crippen molar-refractivity contribution in [2.75, 3.05) is 0 Å². The van der Waals surface area contributed by atoms with Crippen LogP contribution in [0.15, 0.2) is 24.3 Å². The van der Waals surface area contributed by atoms with Crippen molar-refractivity contribution in [2.24, 2.45) is 0 Å². The van der Waals surface area contributed by atoms with E-state index in [0.717, 1.165) is 5.56 Å². The minimum atomic E-state index is -0.221. The van der Waals surface area contributed by atoms with Crippen LogP contribution in [-0.4, -0.2) is 0 Å². The van der Waals surface area contributed by atoms with E-state index in [1.165, 1.54) is 0 Å². The van der Waals surface area contributed by atoms with Crippen molar-refractivity contribution >= 4 is 0 Å². The van der Waals surface area contributed by atoms with E-state index in [9.17, 15) is 0 Å². The molecule has 1 aromatic carbocycles. The van der Waals surface area contributed by atoms with Crippen LogP contribution in [-0.2, 0) is 0 Å². The Morgan fingerprint density at radius 3 is 2.75 bits per heavy atom. The summed E-state index contributed by atoms with van der Waals surface area (Å²) in [6.45, 7) is 8.63. The maximum absolute atomic E-state index is 8.71. The summed E-state index contributed by atoms with van der Waals surface area (Å²) in [6, 6.07) is 9.05. The van der Waals surface area contributed by atoms with Gasteiger partial charge in [0.15, 0.2) is 0 Å². The molecule has 1 rings (SSSR count). The highest BCUT2D eigenvalue weighted by molar-refractivity contribution is 5.40. The second-order valence-electron chi connectivity index (χ2n) is 2.50. The Morgan fingerprint density at radius 1 is 1.50 bits per heavy atom. The van der Waals surface area contributed by atoms with Gasteiger partial charge < -0.3 is 4.85 Å². The Kier molecular flexibility index (Phi) is 2.46. The van der Waals surface area contributed by atoms with Crippen molar-refractivity contribution in [1.82, 2.24) is 0 Å². The van der Waals surface area contributed by atoms with Gasteiger partial charge in [-0.1, -0.05) is 12.1 Å². The molecule has 0 fully saturated rings. The van der Waals surface area contributed by atoms with Crippen LogP contribution in [0.3, 0.4) is 0 Å². The van der Waals surface area contributed by atoms with Crippen LogP contribution in [0.4, 0.5) is 0 Å². The highest BCUT2D eigenvalue weighted by Crippen LogP contribution is 2.19. The number of rotatable bonds is 1. The molecule has 2 nitrogen and oxygen atoms in total. The molecular weight excluding hydrogens is 148 g/mol. The zero-order chi connectivity index (χ0) is 8.97. The van der Waals surface area contributed by atoms with E-state index in [0.29, 0.717) is 5.56 Å². The van der Waals surface area contributed by atoms with Gasteiger partial charge >= 0.3 is 0 Å². The maximum Gasteiger partial charge on any atom is 0.247 e. The normalized spacial score (nSPS) is 11.2. The van der Waals surface area contributed by atoms with Gasteiger partial charge in [-0.3, -0.25) is 0 Å². The number of nitriles is 1. The van der Waals surface area contributed by atoms with Crippen LogP contribution in [0.2, 0.25) is 0 Å². The lowest BCUT2D eigenvalue weighted by Gasteiger charge is -2.00. The summed E-state index contributed by atoms with van der Waals surface area (Å²) in [5, 5.41) is 8.71. The molecule has 0 heterocycles. The third-order valence-electron chi connectivity index (χ3n) is 1.72. The molecule has 12 heavy (non-hydrogen) atoms. The number of benzene rings is 1. The van der Waals surface area contributed by atoms with Gasteiger partial charge in [0.2, 0.25) is 6.04 Å². The molecule has 0 amide bonds. The fourth-order valence-electron chi connectivity index (χ4n) is 1.03. The maximum atomic E-state index is 8.71. The van der Waals surface area contributed by atoms with Crippen LogP contribution in [0, 0.1) is 17.9 Å². The van der Waals surface area contributed by atoms with E-state index in [1.807, 2.05) is 12.1 Å². The second-order valence-corrected chi connectivity index (χ2v) is 2.50. The first-order chi connectivity index (χ1) is 5.79. The first-order valence-corrected chi connectivity index (χ1v) is 3.65. The summed E-state index contributed by atoms with van der Waals surface area (Å²) < 4.78 is 0. The highest BCUT2D eigenvalue weighted by Gasteiger charge is 2.11. The molecule has 0 saturated carbocycles. The van der Waals surface area contributed by atoms with Crippen molar-refractivity contribution in [2.45, 2.75) is 13.0 Å². The van der Waals surface area contributed by atoms with Gasteiger partial charge in [0.25, 0.3) is 0 Å². The van der Waals surface area contributed by atoms with E-state index < -0.39 is 0 Å². The van der Waals surface area contributed by atoms with Gasteiger partial charge in [-0.05, 0) is 12.1 Å². The number of hydrogen-bond acceptors (Lipinski definition) is 1. The van der Waals surface area contributed by atoms with Gasteiger partial charge in [0.1, 0.15) is 0 Å². The highest BCUT2D eigenvalue weighted by atomic mass is 14.7. The molecule has 1 aromatic rings. The summed E-state index contributed by atoms with van der Waals surface area (Å²) in [4.78, 5) is 3.37. The molecule has 1 atom stereocenters. The Bertz CT molecular complexity index is 355. The molecule has 0 spiro atoms. The summed E-state index contributed by atoms with van der Waals surface area (Å²) in [6.07, 6.45) is 0. The van der Waals surface area contributed by atoms with Crippen molar-refractivity contribution in [1.29, 1.82) is 5.26 Å². The van der Waals surface area contributed by atoms with Crippen LogP contribution < -0.4 is 0 Å². The SMILES string of the molecule is [C-]#[N+]C(C)c1ccccc1C#N. The average molecular weight is 156 g/mol. The van der Waals surface area contributed by atoms with Crippen LogP contribution in [0.25, 0.3) is 4.85 Å². The minimum Gasteiger partial charge on any atom is -0.309 e. The van der Waals surface area contributed by atoms with E-state index in [4.69, 9.17) is 11.8 Å². The van der Waals surface area contributed by atoms with E-state index in [1.54, 1.807) is 19.1 Å². The summed E-state index contributed by atoms with van der Waals surface area (Å²) in [7, 11) is 0. The fraction of sp³-hybridized carbons (Fsp3) is 0.200. The van der Waals surface area contributed by atoms with E-state index in [2.05, 4.69) is 10.9 Å². The molecule has 0 radical (unpaired) electrons. The lowest BCUT2D eigenvalue weighted by molar-refractivity contribution is 0.955. The van der Waals surface area contributed by atoms with Crippen molar-refractivity contribution < 1.29 is 0 Å². The van der Waals surface area contributed by atoms with E-state index >= 15 is 0 Å². The van der Waals surface area contributed by atoms with E-state index in [-0.39, 0.29) is 6.04 Å². The third kappa shape index (κ3) is 1.44. The monoisotopic (exact) mass is 156 g/mol. The first kappa shape index (κ1) is 8.30. The zero-order valence-electron chi connectivity index (χ0n) is 6.78. The quantitative estimate of drug-likeness (QED) is 0.574. The smallest absolute Gasteiger partial charge is 0.247 e. The fourth-order valence-corrected chi connectivity index (χ4v) is 1.03. The lowest BCUT2D eigenvalue weighted by Crippen LogP contribution is -1.90. The van der Waals surface area contributed by atoms with Gasteiger partial charge in [0, 0.05) is 6.92 Å². The Labute approximate surface area is 71.9 Å². The molecule has 0 aromatic heterocycles. The molecule has 1 unspecified atom stereocenters. The molecule has 0 aliphatic rings. The molecular formula is C10H8N2. The molecule has 58 valence electrons. The van der Waals surface area contributed by atoms with Gasteiger partial charge in [-0.2, -0.15) is 5.26 Å². The molecule has 0 aliphatic heterocycles. The second kappa shape index (κ2) is 3.55. The van der Waals surface area contributed by atoms with Crippen LogP contribution >= 0.6 is 0 Å². The number of hydrogen-bond donors (Lipinski definition) is 0. The average Bonchev–Trinajstić information content (AvgIpc) is 2.16. The Morgan fingerprint density at radius 2 is 2.17 bits per heavy atom. The summed E-state index contributed by atoms with van der Waals surface area (Å²) >= 11 is 0. The van der Waals surface area contributed by atoms with Crippen molar-refractivity contribution in [3.8, 4) is 6.07 Å². The largest absolute Gasteiger partial charge is 0.309 e. The first-order valence-electron chi connectivity index (χ1n) is 3.65. The Hall–Kier alpha value is -1.80. The minimum absolute atomic E-state index is 0.221. The molecule has 0 N–H and O–H groups in total. The number of nitrogens with zero attached hydrogens (tertiary/aromatic N) is 2. The van der Waals surface area contributed by atoms with Crippen molar-refractivity contribution in [3.63, 3.8) is 0 Å². The summed E-state index contributed by atoms with van der Waals surface area (Å²) in [5.74, 6) is 0. The predicted molar refractivity (Wildman–Crippen MR) is 46.2 cm³/mol. The lowest BCUT2D eigenvalue weighted by atomic mass is 10.0. The van der Waals surface area contributed by atoms with Crippen LogP contribution in [0.1, 0.15) is 24.1 Å². The molecule has 0 bridgehead atoms. The van der Waals surface area contributed by atoms with Gasteiger partial charge in [-0.25, -0.2) is 6.57 Å². The van der Waals surface area contributed by atoms with Gasteiger partial charge in [-0.15, -0.1) is 0 Å². The van der Waals surface area contributed by atoms with Crippen LogP contribution in [0.5, 0.6) is 0 Å².